The highest BCUT2D eigenvalue weighted by Crippen LogP contribution is 2.49. The second kappa shape index (κ2) is 6.58. The van der Waals surface area contributed by atoms with Crippen LogP contribution in [0.25, 0.3) is 0 Å². The first-order valence-electron chi connectivity index (χ1n) is 9.60. The molecule has 0 bridgehead atoms. The third kappa shape index (κ3) is 3.37. The predicted octanol–water partition coefficient (Wildman–Crippen LogP) is 5.33. The molecule has 0 amide bonds. The van der Waals surface area contributed by atoms with E-state index in [0.29, 0.717) is 18.8 Å². The van der Waals surface area contributed by atoms with Crippen molar-refractivity contribution in [3.05, 3.63) is 64.2 Å². The summed E-state index contributed by atoms with van der Waals surface area (Å²) in [6.07, 6.45) is 4.49. The molecule has 0 aromatic heterocycles. The van der Waals surface area contributed by atoms with Crippen LogP contribution in [0, 0.1) is 5.92 Å². The van der Waals surface area contributed by atoms with Gasteiger partial charge in [0.2, 0.25) is 0 Å². The molecule has 2 aliphatic rings. The lowest BCUT2D eigenvalue weighted by molar-refractivity contribution is -0.00822. The minimum absolute atomic E-state index is 0.172. The van der Waals surface area contributed by atoms with E-state index in [2.05, 4.69) is 32.0 Å². The monoisotopic (exact) mass is 370 g/mol. The zero-order chi connectivity index (χ0) is 18.4. The van der Waals surface area contributed by atoms with Crippen molar-refractivity contribution in [3.63, 3.8) is 0 Å². The van der Waals surface area contributed by atoms with Crippen LogP contribution in [0.5, 0.6) is 5.75 Å². The quantitative estimate of drug-likeness (QED) is 0.745. The van der Waals surface area contributed by atoms with Gasteiger partial charge in [0, 0.05) is 23.4 Å². The normalized spacial score (nSPS) is 18.9. The zero-order valence-electron chi connectivity index (χ0n) is 15.6. The first-order valence-corrected chi connectivity index (χ1v) is 9.98. The number of halogens is 1. The van der Waals surface area contributed by atoms with E-state index in [4.69, 9.17) is 16.3 Å². The van der Waals surface area contributed by atoms with Crippen LogP contribution in [-0.4, -0.2) is 17.3 Å². The van der Waals surface area contributed by atoms with E-state index >= 15 is 0 Å². The van der Waals surface area contributed by atoms with E-state index in [1.165, 1.54) is 11.1 Å². The topological polar surface area (TPSA) is 29.5 Å². The maximum absolute atomic E-state index is 11.7. The molecule has 1 fully saturated rings. The molecule has 1 heterocycles. The third-order valence-corrected chi connectivity index (χ3v) is 6.35. The Morgan fingerprint density at radius 2 is 1.88 bits per heavy atom. The molecule has 2 aromatic rings. The molecular weight excluding hydrogens is 344 g/mol. The maximum Gasteiger partial charge on any atom is 0.126 e. The van der Waals surface area contributed by atoms with E-state index in [0.717, 1.165) is 42.2 Å². The van der Waals surface area contributed by atoms with Crippen LogP contribution in [0.4, 0.5) is 0 Å². The van der Waals surface area contributed by atoms with Gasteiger partial charge in [-0.15, -0.1) is 0 Å². The van der Waals surface area contributed by atoms with Gasteiger partial charge in [0.25, 0.3) is 0 Å². The largest absolute Gasteiger partial charge is 0.493 e. The highest BCUT2D eigenvalue weighted by molar-refractivity contribution is 6.31. The minimum atomic E-state index is -0.740. The van der Waals surface area contributed by atoms with Crippen molar-refractivity contribution in [1.29, 1.82) is 0 Å². The molecular formula is C23H27ClO2. The van der Waals surface area contributed by atoms with Crippen LogP contribution in [0.1, 0.15) is 49.8 Å². The summed E-state index contributed by atoms with van der Waals surface area (Å²) < 4.78 is 5.94. The van der Waals surface area contributed by atoms with Gasteiger partial charge < -0.3 is 9.84 Å². The lowest BCUT2D eigenvalue weighted by atomic mass is 9.71. The van der Waals surface area contributed by atoms with Gasteiger partial charge in [-0.25, -0.2) is 0 Å². The second-order valence-corrected chi connectivity index (χ2v) is 9.01. The molecule has 1 aliphatic carbocycles. The fraction of sp³-hybridized carbons (Fsp3) is 0.478. The molecule has 2 nitrogen and oxygen atoms in total. The highest BCUT2D eigenvalue weighted by atomic mass is 35.5. The van der Waals surface area contributed by atoms with Crippen LogP contribution in [0.15, 0.2) is 42.5 Å². The summed E-state index contributed by atoms with van der Waals surface area (Å²) in [5.41, 5.74) is 2.63. The first kappa shape index (κ1) is 17.9. The Labute approximate surface area is 161 Å². The van der Waals surface area contributed by atoms with Gasteiger partial charge in [0.05, 0.1) is 12.2 Å². The van der Waals surface area contributed by atoms with Gasteiger partial charge in [-0.3, -0.25) is 0 Å². The molecule has 4 rings (SSSR count). The van der Waals surface area contributed by atoms with E-state index < -0.39 is 5.60 Å². The number of hydrogen-bond donors (Lipinski definition) is 1. The van der Waals surface area contributed by atoms with Crippen LogP contribution in [0.3, 0.4) is 0 Å². The van der Waals surface area contributed by atoms with Crippen molar-refractivity contribution in [2.24, 2.45) is 5.92 Å². The predicted molar refractivity (Wildman–Crippen MR) is 106 cm³/mol. The van der Waals surface area contributed by atoms with Gasteiger partial charge in [-0.2, -0.15) is 0 Å². The van der Waals surface area contributed by atoms with Crippen molar-refractivity contribution >= 4 is 11.6 Å². The fourth-order valence-electron chi connectivity index (χ4n) is 4.55. The Kier molecular flexibility index (Phi) is 4.53. The molecule has 0 saturated heterocycles. The molecule has 138 valence electrons. The molecule has 3 heteroatoms. The van der Waals surface area contributed by atoms with Crippen LogP contribution < -0.4 is 4.74 Å². The molecule has 2 aromatic carbocycles. The number of ether oxygens (including phenoxy) is 1. The van der Waals surface area contributed by atoms with E-state index in [1.807, 2.05) is 24.3 Å². The first-order chi connectivity index (χ1) is 12.4. The Morgan fingerprint density at radius 1 is 1.12 bits per heavy atom. The molecule has 1 aliphatic heterocycles. The number of hydrogen-bond acceptors (Lipinski definition) is 2. The Bertz CT molecular complexity index is 810. The summed E-state index contributed by atoms with van der Waals surface area (Å²) in [6, 6.07) is 14.3. The molecule has 0 radical (unpaired) electrons. The molecule has 1 N–H and O–H groups in total. The summed E-state index contributed by atoms with van der Waals surface area (Å²) in [6.45, 7) is 5.21. The van der Waals surface area contributed by atoms with Crippen LogP contribution in [-0.2, 0) is 18.3 Å². The van der Waals surface area contributed by atoms with Crippen molar-refractivity contribution in [1.82, 2.24) is 0 Å². The highest BCUT2D eigenvalue weighted by Gasteiger charge is 2.47. The fourth-order valence-corrected chi connectivity index (χ4v) is 4.75. The maximum atomic E-state index is 11.7. The second-order valence-electron chi connectivity index (χ2n) is 8.60. The lowest BCUT2D eigenvalue weighted by Crippen LogP contribution is -2.41. The van der Waals surface area contributed by atoms with Gasteiger partial charge in [0.15, 0.2) is 0 Å². The zero-order valence-corrected chi connectivity index (χ0v) is 16.4. The summed E-state index contributed by atoms with van der Waals surface area (Å²) in [5.74, 6) is 1.39. The smallest absolute Gasteiger partial charge is 0.126 e. The Morgan fingerprint density at radius 3 is 2.62 bits per heavy atom. The summed E-state index contributed by atoms with van der Waals surface area (Å²) >= 11 is 6.39. The summed E-state index contributed by atoms with van der Waals surface area (Å²) in [7, 11) is 0. The van der Waals surface area contributed by atoms with Crippen molar-refractivity contribution in [2.45, 2.75) is 57.0 Å². The van der Waals surface area contributed by atoms with Crippen molar-refractivity contribution in [2.75, 3.05) is 6.61 Å². The van der Waals surface area contributed by atoms with Gasteiger partial charge in [-0.05, 0) is 47.8 Å². The molecule has 1 atom stereocenters. The van der Waals surface area contributed by atoms with Crippen molar-refractivity contribution in [3.8, 4) is 5.75 Å². The molecule has 1 saturated carbocycles. The molecule has 1 unspecified atom stereocenters. The van der Waals surface area contributed by atoms with Gasteiger partial charge in [-0.1, -0.05) is 61.8 Å². The number of para-hydroxylation sites is 1. The van der Waals surface area contributed by atoms with Crippen LogP contribution >= 0.6 is 11.6 Å². The average Bonchev–Trinajstić information content (AvgIpc) is 3.35. The SMILES string of the molecule is CC(C)(CC(O)(Cc1ccccc1Cl)C1CC1)c1cccc2c1OCC2. The van der Waals surface area contributed by atoms with Gasteiger partial charge >= 0.3 is 0 Å². The minimum Gasteiger partial charge on any atom is -0.493 e. The van der Waals surface area contributed by atoms with Gasteiger partial charge in [0.1, 0.15) is 5.75 Å². The summed E-state index contributed by atoms with van der Waals surface area (Å²) in [5, 5.41) is 12.4. The summed E-state index contributed by atoms with van der Waals surface area (Å²) in [4.78, 5) is 0. The molecule has 26 heavy (non-hydrogen) atoms. The van der Waals surface area contributed by atoms with E-state index in [1.54, 1.807) is 0 Å². The van der Waals surface area contributed by atoms with E-state index in [9.17, 15) is 5.11 Å². The van der Waals surface area contributed by atoms with Crippen LogP contribution in [0.2, 0.25) is 5.02 Å². The third-order valence-electron chi connectivity index (χ3n) is 5.98. The lowest BCUT2D eigenvalue weighted by Gasteiger charge is -2.38. The standard InChI is InChI=1S/C23H27ClO2/c1-22(2,19-8-5-7-16-12-13-26-21(16)19)15-23(25,18-10-11-18)14-17-6-3-4-9-20(17)24/h3-9,18,25H,10-15H2,1-2H3. The average molecular weight is 371 g/mol. The van der Waals surface area contributed by atoms with E-state index in [-0.39, 0.29) is 5.41 Å². The molecule has 0 spiro atoms. The Balaban J connectivity index is 1.64. The number of rotatable bonds is 6. The number of benzene rings is 2. The number of aliphatic hydroxyl groups is 1. The Hall–Kier alpha value is -1.51. The van der Waals surface area contributed by atoms with Crippen molar-refractivity contribution < 1.29 is 9.84 Å². The number of fused-ring (bicyclic) bond motifs is 1.